The minimum atomic E-state index is -0.363. The van der Waals surface area contributed by atoms with E-state index in [4.69, 9.17) is 0 Å². The lowest BCUT2D eigenvalue weighted by atomic mass is 10.2. The van der Waals surface area contributed by atoms with Gasteiger partial charge in [-0.2, -0.15) is 0 Å². The van der Waals surface area contributed by atoms with E-state index in [0.29, 0.717) is 17.7 Å². The lowest BCUT2D eigenvalue weighted by Crippen LogP contribution is -2.37. The van der Waals surface area contributed by atoms with Gasteiger partial charge in [-0.1, -0.05) is 36.4 Å². The van der Waals surface area contributed by atoms with Crippen LogP contribution in [0.3, 0.4) is 0 Å². The quantitative estimate of drug-likeness (QED) is 0.566. The van der Waals surface area contributed by atoms with Gasteiger partial charge in [0.25, 0.3) is 5.56 Å². The largest absolute Gasteiger partial charge is 0.332 e. The van der Waals surface area contributed by atoms with Crippen molar-refractivity contribution in [2.24, 2.45) is 14.1 Å². The smallest absolute Gasteiger partial charge is 0.325 e. The molecule has 0 aliphatic heterocycles. The van der Waals surface area contributed by atoms with Crippen LogP contribution in [0.5, 0.6) is 0 Å². The average molecular weight is 367 g/mol. The molecule has 3 rings (SSSR count). The Balaban J connectivity index is 1.73. The molecule has 7 nitrogen and oxygen atoms in total. The predicted molar refractivity (Wildman–Crippen MR) is 107 cm³/mol. The molecule has 0 N–H and O–H groups in total. The Hall–Kier alpha value is -2.93. The summed E-state index contributed by atoms with van der Waals surface area (Å²) in [7, 11) is 3.13. The molecular weight excluding hydrogens is 342 g/mol. The number of aryl methyl sites for hydroxylation is 2. The molecule has 0 aliphatic carbocycles. The standard InChI is InChI=1S/C20H25N5O2/c1-4-11-24(14-16-9-6-5-7-10-16)12-8-13-25-15-21-18-17(25)19(26)23(3)20(27)22(18)2/h4-7,9-10,15H,1,8,11-14H2,2-3H3. The molecule has 2 heterocycles. The third-order valence-electron chi connectivity index (χ3n) is 4.73. The highest BCUT2D eigenvalue weighted by Crippen LogP contribution is 2.09. The second kappa shape index (κ2) is 8.18. The van der Waals surface area contributed by atoms with E-state index in [-0.39, 0.29) is 11.2 Å². The molecule has 3 aromatic rings. The molecule has 0 bridgehead atoms. The number of hydrogen-bond acceptors (Lipinski definition) is 4. The van der Waals surface area contributed by atoms with Crippen molar-refractivity contribution in [1.82, 2.24) is 23.6 Å². The fourth-order valence-corrected chi connectivity index (χ4v) is 3.29. The number of rotatable bonds is 8. The molecule has 0 fully saturated rings. The van der Waals surface area contributed by atoms with Gasteiger partial charge >= 0.3 is 5.69 Å². The second-order valence-electron chi connectivity index (χ2n) is 6.68. The molecule has 0 unspecified atom stereocenters. The van der Waals surface area contributed by atoms with Gasteiger partial charge in [0.05, 0.1) is 6.33 Å². The van der Waals surface area contributed by atoms with Crippen LogP contribution in [-0.2, 0) is 27.2 Å². The Kier molecular flexibility index (Phi) is 5.71. The van der Waals surface area contributed by atoms with Crippen LogP contribution >= 0.6 is 0 Å². The zero-order chi connectivity index (χ0) is 19.4. The molecule has 0 atom stereocenters. The maximum absolute atomic E-state index is 12.5. The minimum Gasteiger partial charge on any atom is -0.325 e. The van der Waals surface area contributed by atoms with Gasteiger partial charge in [-0.05, 0) is 12.0 Å². The summed E-state index contributed by atoms with van der Waals surface area (Å²) in [5, 5.41) is 0. The first-order valence-corrected chi connectivity index (χ1v) is 9.01. The Morgan fingerprint density at radius 3 is 2.59 bits per heavy atom. The van der Waals surface area contributed by atoms with Gasteiger partial charge in [0.2, 0.25) is 0 Å². The second-order valence-corrected chi connectivity index (χ2v) is 6.68. The lowest BCUT2D eigenvalue weighted by Gasteiger charge is -2.21. The third-order valence-corrected chi connectivity index (χ3v) is 4.73. The number of imidazole rings is 1. The maximum atomic E-state index is 12.5. The van der Waals surface area contributed by atoms with Crippen LogP contribution in [0, 0.1) is 0 Å². The molecule has 2 aromatic heterocycles. The summed E-state index contributed by atoms with van der Waals surface area (Å²) in [6.07, 6.45) is 4.40. The summed E-state index contributed by atoms with van der Waals surface area (Å²) in [5.41, 5.74) is 1.49. The van der Waals surface area contributed by atoms with E-state index in [1.807, 2.05) is 28.8 Å². The first kappa shape index (κ1) is 18.8. The van der Waals surface area contributed by atoms with Crippen molar-refractivity contribution in [3.05, 3.63) is 75.7 Å². The predicted octanol–water partition coefficient (Wildman–Crippen LogP) is 1.51. The van der Waals surface area contributed by atoms with Crippen LogP contribution in [0.4, 0.5) is 0 Å². The molecule has 142 valence electrons. The first-order chi connectivity index (χ1) is 13.0. The highest BCUT2D eigenvalue weighted by atomic mass is 16.2. The van der Waals surface area contributed by atoms with Gasteiger partial charge in [0.15, 0.2) is 11.2 Å². The van der Waals surface area contributed by atoms with Crippen LogP contribution in [0.15, 0.2) is 58.9 Å². The number of nitrogens with zero attached hydrogens (tertiary/aromatic N) is 5. The number of aromatic nitrogens is 4. The van der Waals surface area contributed by atoms with Gasteiger partial charge < -0.3 is 4.57 Å². The average Bonchev–Trinajstić information content (AvgIpc) is 3.10. The molecule has 0 amide bonds. The fraction of sp³-hybridized carbons (Fsp3) is 0.350. The molecule has 1 aromatic carbocycles. The molecule has 7 heteroatoms. The maximum Gasteiger partial charge on any atom is 0.332 e. The van der Waals surface area contributed by atoms with E-state index in [1.54, 1.807) is 13.4 Å². The van der Waals surface area contributed by atoms with Crippen LogP contribution in [0.1, 0.15) is 12.0 Å². The van der Waals surface area contributed by atoms with E-state index in [9.17, 15) is 9.59 Å². The van der Waals surface area contributed by atoms with E-state index in [2.05, 4.69) is 28.6 Å². The van der Waals surface area contributed by atoms with Crippen molar-refractivity contribution >= 4 is 11.2 Å². The van der Waals surface area contributed by atoms with Crippen molar-refractivity contribution in [3.63, 3.8) is 0 Å². The van der Waals surface area contributed by atoms with Crippen molar-refractivity contribution in [2.45, 2.75) is 19.5 Å². The van der Waals surface area contributed by atoms with Crippen molar-refractivity contribution in [1.29, 1.82) is 0 Å². The summed E-state index contributed by atoms with van der Waals surface area (Å²) in [4.78, 5) is 31.1. The van der Waals surface area contributed by atoms with E-state index in [1.165, 1.54) is 17.2 Å². The van der Waals surface area contributed by atoms with Crippen LogP contribution in [0.2, 0.25) is 0 Å². The van der Waals surface area contributed by atoms with Crippen molar-refractivity contribution in [3.8, 4) is 0 Å². The zero-order valence-corrected chi connectivity index (χ0v) is 15.8. The molecule has 0 saturated carbocycles. The molecule has 0 radical (unpaired) electrons. The van der Waals surface area contributed by atoms with Gasteiger partial charge in [-0.3, -0.25) is 18.8 Å². The van der Waals surface area contributed by atoms with Crippen LogP contribution in [0.25, 0.3) is 11.2 Å². The zero-order valence-electron chi connectivity index (χ0n) is 15.8. The third kappa shape index (κ3) is 3.93. The van der Waals surface area contributed by atoms with E-state index in [0.717, 1.165) is 30.6 Å². The van der Waals surface area contributed by atoms with E-state index >= 15 is 0 Å². The Labute approximate surface area is 157 Å². The summed E-state index contributed by atoms with van der Waals surface area (Å²) in [6.45, 7) is 7.03. The first-order valence-electron chi connectivity index (χ1n) is 9.01. The highest BCUT2D eigenvalue weighted by Gasteiger charge is 2.14. The summed E-state index contributed by atoms with van der Waals surface area (Å²) in [5.74, 6) is 0. The minimum absolute atomic E-state index is 0.308. The van der Waals surface area contributed by atoms with Gasteiger partial charge in [0.1, 0.15) is 0 Å². The topological polar surface area (TPSA) is 65.1 Å². The number of hydrogen-bond donors (Lipinski definition) is 0. The summed E-state index contributed by atoms with van der Waals surface area (Å²) in [6, 6.07) is 10.3. The number of benzene rings is 1. The molecular formula is C20H25N5O2. The molecule has 0 saturated heterocycles. The lowest BCUT2D eigenvalue weighted by molar-refractivity contribution is 0.285. The van der Waals surface area contributed by atoms with Gasteiger partial charge in [-0.25, -0.2) is 9.78 Å². The van der Waals surface area contributed by atoms with Crippen LogP contribution < -0.4 is 11.2 Å². The Morgan fingerprint density at radius 1 is 1.15 bits per heavy atom. The SMILES string of the molecule is C=CCN(CCCn1cnc2c1c(=O)n(C)c(=O)n2C)Cc1ccccc1. The molecule has 0 spiro atoms. The molecule has 27 heavy (non-hydrogen) atoms. The number of fused-ring (bicyclic) bond motifs is 1. The summed E-state index contributed by atoms with van der Waals surface area (Å²) >= 11 is 0. The fourth-order valence-electron chi connectivity index (χ4n) is 3.29. The van der Waals surface area contributed by atoms with Gasteiger partial charge in [-0.15, -0.1) is 6.58 Å². The highest BCUT2D eigenvalue weighted by molar-refractivity contribution is 5.69. The molecule has 0 aliphatic rings. The Bertz CT molecular complexity index is 1050. The monoisotopic (exact) mass is 367 g/mol. The summed E-state index contributed by atoms with van der Waals surface area (Å²) < 4.78 is 4.37. The van der Waals surface area contributed by atoms with Crippen molar-refractivity contribution < 1.29 is 0 Å². The normalized spacial score (nSPS) is 11.4. The van der Waals surface area contributed by atoms with Gasteiger partial charge in [0, 0.05) is 40.3 Å². The van der Waals surface area contributed by atoms with Crippen molar-refractivity contribution in [2.75, 3.05) is 13.1 Å². The van der Waals surface area contributed by atoms with Crippen LogP contribution in [-0.4, -0.2) is 36.7 Å². The van der Waals surface area contributed by atoms with E-state index < -0.39 is 0 Å². The Morgan fingerprint density at radius 2 is 1.89 bits per heavy atom.